The Bertz CT molecular complexity index is 520. The van der Waals surface area contributed by atoms with E-state index in [0.717, 1.165) is 12.0 Å². The molecule has 0 aliphatic heterocycles. The van der Waals surface area contributed by atoms with E-state index in [9.17, 15) is 10.1 Å². The monoisotopic (exact) mass is 343 g/mol. The summed E-state index contributed by atoms with van der Waals surface area (Å²) in [6.07, 6.45) is 0.911. The zero-order valence-electron chi connectivity index (χ0n) is 11.8. The topological polar surface area (TPSA) is 61.6 Å². The fourth-order valence-electron chi connectivity index (χ4n) is 2.31. The van der Waals surface area contributed by atoms with Gasteiger partial charge in [0.2, 0.25) is 0 Å². The quantitative estimate of drug-likeness (QED) is 0.466. The van der Waals surface area contributed by atoms with Crippen LogP contribution in [0.25, 0.3) is 0 Å². The van der Waals surface area contributed by atoms with Crippen molar-refractivity contribution in [3.8, 4) is 5.75 Å². The molecule has 2 rings (SSSR count). The van der Waals surface area contributed by atoms with Crippen molar-refractivity contribution in [3.63, 3.8) is 0 Å². The van der Waals surface area contributed by atoms with E-state index >= 15 is 0 Å². The van der Waals surface area contributed by atoms with Crippen LogP contribution in [0.2, 0.25) is 0 Å². The number of nitro benzene ring substituents is 1. The number of halogens is 1. The average Bonchev–Trinajstić information content (AvgIpc) is 2.38. The molecule has 0 amide bonds. The number of ether oxygens (including phenoxy) is 2. The minimum absolute atomic E-state index is 0.00104. The van der Waals surface area contributed by atoms with Crippen LogP contribution in [0.5, 0.6) is 5.75 Å². The van der Waals surface area contributed by atoms with E-state index < -0.39 is 0 Å². The minimum atomic E-state index is -0.368. The van der Waals surface area contributed by atoms with E-state index in [1.54, 1.807) is 19.1 Å². The van der Waals surface area contributed by atoms with Crippen LogP contribution in [-0.2, 0) is 4.74 Å². The lowest BCUT2D eigenvalue weighted by Crippen LogP contribution is -2.52. The van der Waals surface area contributed by atoms with E-state index in [1.807, 2.05) is 13.8 Å². The van der Waals surface area contributed by atoms with E-state index in [1.165, 1.54) is 0 Å². The zero-order chi connectivity index (χ0) is 14.9. The molecule has 1 saturated carbocycles. The maximum absolute atomic E-state index is 10.9. The molecule has 0 spiro atoms. The molecular weight excluding hydrogens is 326 g/mol. The smallest absolute Gasteiger partial charge is 0.272 e. The van der Waals surface area contributed by atoms with Gasteiger partial charge in [0.1, 0.15) is 18.0 Å². The summed E-state index contributed by atoms with van der Waals surface area (Å²) in [6.45, 7) is 6.14. The second-order valence-corrected chi connectivity index (χ2v) is 6.17. The van der Waals surface area contributed by atoms with Gasteiger partial charge in [0.05, 0.1) is 4.92 Å². The Morgan fingerprint density at radius 1 is 1.40 bits per heavy atom. The van der Waals surface area contributed by atoms with Gasteiger partial charge in [-0.2, -0.15) is 0 Å². The lowest BCUT2D eigenvalue weighted by atomic mass is 9.91. The normalized spacial score (nSPS) is 25.1. The molecule has 110 valence electrons. The van der Waals surface area contributed by atoms with Gasteiger partial charge in [-0.3, -0.25) is 10.1 Å². The number of hydrogen-bond donors (Lipinski definition) is 0. The van der Waals surface area contributed by atoms with Crippen molar-refractivity contribution >= 4 is 21.6 Å². The van der Waals surface area contributed by atoms with E-state index in [0.29, 0.717) is 22.7 Å². The van der Waals surface area contributed by atoms with Gasteiger partial charge in [-0.25, -0.2) is 0 Å². The highest BCUT2D eigenvalue weighted by Gasteiger charge is 2.42. The molecule has 1 aliphatic rings. The first-order valence-corrected chi connectivity index (χ1v) is 7.53. The molecule has 0 radical (unpaired) electrons. The first kappa shape index (κ1) is 15.3. The highest BCUT2D eigenvalue weighted by atomic mass is 79.9. The number of benzene rings is 1. The summed E-state index contributed by atoms with van der Waals surface area (Å²) in [5, 5.41) is 10.9. The van der Waals surface area contributed by atoms with Crippen molar-refractivity contribution in [1.29, 1.82) is 0 Å². The fraction of sp³-hybridized carbons (Fsp3) is 0.571. The largest absolute Gasteiger partial charge is 0.487 e. The van der Waals surface area contributed by atoms with Gasteiger partial charge >= 0.3 is 0 Å². The zero-order valence-corrected chi connectivity index (χ0v) is 13.3. The summed E-state index contributed by atoms with van der Waals surface area (Å²) in [7, 11) is 0. The van der Waals surface area contributed by atoms with Crippen molar-refractivity contribution < 1.29 is 14.4 Å². The third-order valence-electron chi connectivity index (χ3n) is 3.51. The van der Waals surface area contributed by atoms with Gasteiger partial charge in [-0.1, -0.05) is 15.9 Å². The first-order valence-electron chi connectivity index (χ1n) is 6.62. The van der Waals surface area contributed by atoms with Gasteiger partial charge < -0.3 is 9.47 Å². The second kappa shape index (κ2) is 6.10. The molecule has 1 fully saturated rings. The maximum Gasteiger partial charge on any atom is 0.272 e. The van der Waals surface area contributed by atoms with Crippen LogP contribution in [-0.4, -0.2) is 28.6 Å². The first-order chi connectivity index (χ1) is 9.43. The van der Waals surface area contributed by atoms with Crippen LogP contribution in [0.15, 0.2) is 12.1 Å². The minimum Gasteiger partial charge on any atom is -0.487 e. The third-order valence-corrected chi connectivity index (χ3v) is 4.40. The SMILES string of the molecule is CCOC1C(Br)CC1Oc1cc(C)c([N+](=O)[O-])cc1C. The van der Waals surface area contributed by atoms with Crippen LogP contribution < -0.4 is 4.74 Å². The van der Waals surface area contributed by atoms with Crippen molar-refractivity contribution in [2.45, 2.75) is 44.2 Å². The standard InChI is InChI=1S/C14H18BrNO4/c1-4-19-14-10(15)7-13(14)20-12-6-8(2)11(16(17)18)5-9(12)3/h5-6,10,13-14H,4,7H2,1-3H3. The highest BCUT2D eigenvalue weighted by molar-refractivity contribution is 9.09. The van der Waals surface area contributed by atoms with Crippen LogP contribution in [0.4, 0.5) is 5.69 Å². The Morgan fingerprint density at radius 2 is 2.10 bits per heavy atom. The molecule has 0 bridgehead atoms. The number of hydrogen-bond acceptors (Lipinski definition) is 4. The Labute approximate surface area is 126 Å². The number of aryl methyl sites for hydroxylation is 2. The van der Waals surface area contributed by atoms with Gasteiger partial charge in [-0.05, 0) is 32.4 Å². The highest BCUT2D eigenvalue weighted by Crippen LogP contribution is 2.36. The molecule has 1 aromatic carbocycles. The van der Waals surface area contributed by atoms with Crippen molar-refractivity contribution in [2.75, 3.05) is 6.61 Å². The molecule has 6 heteroatoms. The lowest BCUT2D eigenvalue weighted by Gasteiger charge is -2.41. The summed E-state index contributed by atoms with van der Waals surface area (Å²) >= 11 is 3.55. The van der Waals surface area contributed by atoms with E-state index in [2.05, 4.69) is 15.9 Å². The summed E-state index contributed by atoms with van der Waals surface area (Å²) < 4.78 is 11.6. The molecule has 3 unspecified atom stereocenters. The number of rotatable bonds is 5. The molecule has 1 aliphatic carbocycles. The van der Waals surface area contributed by atoms with Crippen molar-refractivity contribution in [1.82, 2.24) is 0 Å². The van der Waals surface area contributed by atoms with Gasteiger partial charge in [-0.15, -0.1) is 0 Å². The van der Waals surface area contributed by atoms with E-state index in [4.69, 9.17) is 9.47 Å². The summed E-state index contributed by atoms with van der Waals surface area (Å²) in [6, 6.07) is 3.29. The predicted octanol–water partition coefficient (Wildman–Crippen LogP) is 3.53. The Kier molecular flexibility index (Phi) is 4.65. The molecule has 1 aromatic rings. The Balaban J connectivity index is 2.14. The van der Waals surface area contributed by atoms with Crippen LogP contribution >= 0.6 is 15.9 Å². The summed E-state index contributed by atoms with van der Waals surface area (Å²) in [5.74, 6) is 0.696. The molecule has 0 N–H and O–H groups in total. The maximum atomic E-state index is 10.9. The van der Waals surface area contributed by atoms with Crippen molar-refractivity contribution in [3.05, 3.63) is 33.4 Å². The van der Waals surface area contributed by atoms with E-state index in [-0.39, 0.29) is 22.8 Å². The van der Waals surface area contributed by atoms with Crippen LogP contribution in [0.1, 0.15) is 24.5 Å². The lowest BCUT2D eigenvalue weighted by molar-refractivity contribution is -0.385. The molecule has 0 heterocycles. The third kappa shape index (κ3) is 2.96. The van der Waals surface area contributed by atoms with Crippen molar-refractivity contribution in [2.24, 2.45) is 0 Å². The Morgan fingerprint density at radius 3 is 2.65 bits per heavy atom. The number of nitro groups is 1. The number of nitrogens with zero attached hydrogens (tertiary/aromatic N) is 1. The summed E-state index contributed by atoms with van der Waals surface area (Å²) in [4.78, 5) is 10.8. The second-order valence-electron chi connectivity index (χ2n) is 4.99. The van der Waals surface area contributed by atoms with Crippen LogP contribution in [0.3, 0.4) is 0 Å². The van der Waals surface area contributed by atoms with Crippen LogP contribution in [0, 0.1) is 24.0 Å². The fourth-order valence-corrected chi connectivity index (χ4v) is 3.17. The van der Waals surface area contributed by atoms with Gasteiger partial charge in [0.15, 0.2) is 0 Å². The predicted molar refractivity (Wildman–Crippen MR) is 79.7 cm³/mol. The van der Waals surface area contributed by atoms with Gasteiger partial charge in [0, 0.05) is 29.5 Å². The molecule has 0 aromatic heterocycles. The molecule has 20 heavy (non-hydrogen) atoms. The van der Waals surface area contributed by atoms with Gasteiger partial charge in [0.25, 0.3) is 5.69 Å². The Hall–Kier alpha value is -1.14. The average molecular weight is 344 g/mol. The molecular formula is C14H18BrNO4. The number of alkyl halides is 1. The molecule has 3 atom stereocenters. The molecule has 0 saturated heterocycles. The summed E-state index contributed by atoms with van der Waals surface area (Å²) in [5.41, 5.74) is 1.51. The molecule has 5 nitrogen and oxygen atoms in total.